The number of halogens is 2. The average molecular weight is 189 g/mol. The van der Waals surface area contributed by atoms with Crippen molar-refractivity contribution >= 4 is 29.3 Å². The van der Waals surface area contributed by atoms with E-state index in [9.17, 15) is 0 Å². The molecule has 0 saturated heterocycles. The van der Waals surface area contributed by atoms with E-state index in [0.717, 1.165) is 5.56 Å². The molecule has 0 radical (unpaired) electrons. The molecule has 0 fully saturated rings. The van der Waals surface area contributed by atoms with Crippen LogP contribution >= 0.6 is 23.2 Å². The van der Waals surface area contributed by atoms with Crippen LogP contribution in [0.1, 0.15) is 5.56 Å². The summed E-state index contributed by atoms with van der Waals surface area (Å²) in [5.74, 6) is 0.229. The van der Waals surface area contributed by atoms with Crippen LogP contribution in [0.3, 0.4) is 0 Å². The van der Waals surface area contributed by atoms with Gasteiger partial charge in [0, 0.05) is 0 Å². The summed E-state index contributed by atoms with van der Waals surface area (Å²) in [4.78, 5) is 0. The lowest BCUT2D eigenvalue weighted by Gasteiger charge is -1.92. The molecule has 1 rings (SSSR count). The fraction of sp³-hybridized carbons (Fsp3) is 0. The van der Waals surface area contributed by atoms with Gasteiger partial charge in [0.1, 0.15) is 10.2 Å². The Morgan fingerprint density at radius 1 is 1.18 bits per heavy atom. The monoisotopic (exact) mass is 188 g/mol. The van der Waals surface area contributed by atoms with Crippen LogP contribution in [0.5, 0.6) is 5.75 Å². The van der Waals surface area contributed by atoms with Gasteiger partial charge < -0.3 is 5.11 Å². The van der Waals surface area contributed by atoms with Crippen molar-refractivity contribution in [2.75, 3.05) is 0 Å². The molecule has 0 amide bonds. The maximum Gasteiger partial charge on any atom is 0.115 e. The summed E-state index contributed by atoms with van der Waals surface area (Å²) in [6.07, 6.45) is 1.60. The first-order chi connectivity index (χ1) is 5.18. The molecular weight excluding hydrogens is 183 g/mol. The molecule has 0 aliphatic heterocycles. The van der Waals surface area contributed by atoms with Gasteiger partial charge in [0.2, 0.25) is 0 Å². The summed E-state index contributed by atoms with van der Waals surface area (Å²) in [5.41, 5.74) is 0.864. The third-order valence-corrected chi connectivity index (χ3v) is 1.39. The number of hydrogen-bond acceptors (Lipinski definition) is 1. The van der Waals surface area contributed by atoms with Crippen LogP contribution < -0.4 is 0 Å². The Morgan fingerprint density at radius 2 is 1.73 bits per heavy atom. The van der Waals surface area contributed by atoms with E-state index in [1.165, 1.54) is 0 Å². The molecule has 0 aliphatic rings. The van der Waals surface area contributed by atoms with E-state index < -0.39 is 0 Å². The minimum atomic E-state index is 0.204. The van der Waals surface area contributed by atoms with E-state index >= 15 is 0 Å². The minimum absolute atomic E-state index is 0.204. The van der Waals surface area contributed by atoms with Crippen molar-refractivity contribution in [1.29, 1.82) is 0 Å². The van der Waals surface area contributed by atoms with E-state index in [4.69, 9.17) is 28.3 Å². The quantitative estimate of drug-likeness (QED) is 0.719. The summed E-state index contributed by atoms with van der Waals surface area (Å²) < 4.78 is 0.204. The second-order valence-corrected chi connectivity index (χ2v) is 3.03. The Labute approximate surface area is 74.9 Å². The van der Waals surface area contributed by atoms with Crippen LogP contribution in [0.15, 0.2) is 28.8 Å². The van der Waals surface area contributed by atoms with Crippen LogP contribution in [0.4, 0.5) is 0 Å². The van der Waals surface area contributed by atoms with Gasteiger partial charge in [0.05, 0.1) is 0 Å². The molecule has 1 nitrogen and oxygen atoms in total. The molecule has 0 saturated carbocycles. The summed E-state index contributed by atoms with van der Waals surface area (Å²) in [6.45, 7) is 0. The zero-order valence-corrected chi connectivity index (χ0v) is 7.10. The third kappa shape index (κ3) is 2.83. The van der Waals surface area contributed by atoms with Crippen molar-refractivity contribution < 1.29 is 5.11 Å². The molecule has 1 N–H and O–H groups in total. The van der Waals surface area contributed by atoms with Gasteiger partial charge >= 0.3 is 0 Å². The lowest BCUT2D eigenvalue weighted by Crippen LogP contribution is -1.69. The minimum Gasteiger partial charge on any atom is -0.508 e. The number of hydrogen-bond donors (Lipinski definition) is 1. The van der Waals surface area contributed by atoms with Gasteiger partial charge in [0.25, 0.3) is 0 Å². The molecule has 0 bridgehead atoms. The Hall–Kier alpha value is -0.660. The summed E-state index contributed by atoms with van der Waals surface area (Å²) in [6, 6.07) is 6.59. The summed E-state index contributed by atoms with van der Waals surface area (Å²) >= 11 is 10.8. The lowest BCUT2D eigenvalue weighted by atomic mass is 10.2. The Bertz CT molecular complexity index is 260. The fourth-order valence-electron chi connectivity index (χ4n) is 0.697. The normalized spacial score (nSPS) is 9.27. The molecule has 1 aromatic carbocycles. The highest BCUT2D eigenvalue weighted by atomic mass is 35.5. The molecule has 58 valence electrons. The molecule has 0 atom stereocenters. The highest BCUT2D eigenvalue weighted by molar-refractivity contribution is 6.57. The third-order valence-electron chi connectivity index (χ3n) is 1.17. The van der Waals surface area contributed by atoms with Gasteiger partial charge in [-0.15, -0.1) is 0 Å². The zero-order valence-electron chi connectivity index (χ0n) is 5.59. The van der Waals surface area contributed by atoms with E-state index in [1.54, 1.807) is 30.3 Å². The first-order valence-corrected chi connectivity index (χ1v) is 3.76. The van der Waals surface area contributed by atoms with Gasteiger partial charge in [0.15, 0.2) is 0 Å². The molecule has 0 aromatic heterocycles. The molecule has 3 heteroatoms. The van der Waals surface area contributed by atoms with Crippen molar-refractivity contribution in [2.24, 2.45) is 0 Å². The van der Waals surface area contributed by atoms with E-state index in [-0.39, 0.29) is 10.2 Å². The van der Waals surface area contributed by atoms with Crippen molar-refractivity contribution in [3.05, 3.63) is 34.3 Å². The predicted molar refractivity (Wildman–Crippen MR) is 47.8 cm³/mol. The van der Waals surface area contributed by atoms with Crippen molar-refractivity contribution in [3.63, 3.8) is 0 Å². The smallest absolute Gasteiger partial charge is 0.115 e. The lowest BCUT2D eigenvalue weighted by molar-refractivity contribution is 0.475. The van der Waals surface area contributed by atoms with Gasteiger partial charge in [-0.25, -0.2) is 0 Å². The van der Waals surface area contributed by atoms with Crippen LogP contribution in [0.2, 0.25) is 0 Å². The Morgan fingerprint density at radius 3 is 2.18 bits per heavy atom. The topological polar surface area (TPSA) is 20.2 Å². The number of benzene rings is 1. The zero-order chi connectivity index (χ0) is 8.27. The van der Waals surface area contributed by atoms with Gasteiger partial charge in [-0.1, -0.05) is 35.3 Å². The maximum absolute atomic E-state index is 8.90. The molecule has 11 heavy (non-hydrogen) atoms. The second kappa shape index (κ2) is 3.65. The molecule has 1 aromatic rings. The largest absolute Gasteiger partial charge is 0.508 e. The Kier molecular flexibility index (Phi) is 2.80. The van der Waals surface area contributed by atoms with Crippen LogP contribution in [-0.2, 0) is 0 Å². The summed E-state index contributed by atoms with van der Waals surface area (Å²) in [5, 5.41) is 8.90. The molecule has 0 heterocycles. The second-order valence-electron chi connectivity index (χ2n) is 2.03. The van der Waals surface area contributed by atoms with Crippen LogP contribution in [-0.4, -0.2) is 5.11 Å². The number of rotatable bonds is 1. The number of aromatic hydroxyl groups is 1. The van der Waals surface area contributed by atoms with Crippen molar-refractivity contribution in [3.8, 4) is 5.75 Å². The van der Waals surface area contributed by atoms with E-state index in [2.05, 4.69) is 0 Å². The van der Waals surface area contributed by atoms with Crippen LogP contribution in [0, 0.1) is 0 Å². The highest BCUT2D eigenvalue weighted by Gasteiger charge is 1.89. The molecule has 0 aliphatic carbocycles. The van der Waals surface area contributed by atoms with Crippen molar-refractivity contribution in [1.82, 2.24) is 0 Å². The first-order valence-electron chi connectivity index (χ1n) is 3.00. The standard InChI is InChI=1S/C8H6Cl2O/c9-8(10)5-6-1-3-7(11)4-2-6/h1-5,11H. The van der Waals surface area contributed by atoms with Crippen LogP contribution in [0.25, 0.3) is 6.08 Å². The first kappa shape index (κ1) is 8.44. The van der Waals surface area contributed by atoms with Crippen molar-refractivity contribution in [2.45, 2.75) is 0 Å². The average Bonchev–Trinajstić information content (AvgIpc) is 1.93. The molecule has 0 unspecified atom stereocenters. The highest BCUT2D eigenvalue weighted by Crippen LogP contribution is 2.16. The van der Waals surface area contributed by atoms with Gasteiger partial charge in [-0.3, -0.25) is 0 Å². The number of phenolic OH excluding ortho intramolecular Hbond substituents is 1. The Balaban J connectivity index is 2.91. The van der Waals surface area contributed by atoms with E-state index in [1.807, 2.05) is 0 Å². The predicted octanol–water partition coefficient (Wildman–Crippen LogP) is 3.17. The molecular formula is C8H6Cl2O. The van der Waals surface area contributed by atoms with E-state index in [0.29, 0.717) is 0 Å². The fourth-order valence-corrected chi connectivity index (χ4v) is 0.949. The summed E-state index contributed by atoms with van der Waals surface area (Å²) in [7, 11) is 0. The molecule has 0 spiro atoms. The van der Waals surface area contributed by atoms with Gasteiger partial charge in [-0.05, 0) is 23.8 Å². The van der Waals surface area contributed by atoms with Gasteiger partial charge in [-0.2, -0.15) is 0 Å². The maximum atomic E-state index is 8.90. The SMILES string of the molecule is Oc1ccc(C=C(Cl)Cl)cc1. The number of phenols is 1.